The SMILES string of the molecule is CC1NNC2CCCC(NS(=O)(=O)C3CNN(C4CC(C5(O)CCC5)CCN4)C3)C12. The molecule has 172 valence electrons. The van der Waals surface area contributed by atoms with E-state index in [1.807, 2.05) is 0 Å². The largest absolute Gasteiger partial charge is 0.390 e. The van der Waals surface area contributed by atoms with Gasteiger partial charge in [-0.2, -0.15) is 0 Å². The maximum absolute atomic E-state index is 13.2. The van der Waals surface area contributed by atoms with Crippen LogP contribution in [0.25, 0.3) is 0 Å². The van der Waals surface area contributed by atoms with Gasteiger partial charge in [0.2, 0.25) is 10.0 Å². The molecule has 5 rings (SSSR count). The zero-order chi connectivity index (χ0) is 20.9. The van der Waals surface area contributed by atoms with E-state index in [9.17, 15) is 13.5 Å². The van der Waals surface area contributed by atoms with Crippen LogP contribution < -0.4 is 26.3 Å². The van der Waals surface area contributed by atoms with Crippen molar-refractivity contribution in [1.82, 2.24) is 31.3 Å². The lowest BCUT2D eigenvalue weighted by Crippen LogP contribution is -2.58. The van der Waals surface area contributed by atoms with Crippen LogP contribution in [0.5, 0.6) is 0 Å². The standard InChI is InChI=1S/C20H38N6O3S/c1-13-19-16(24-23-13)4-2-5-17(19)25-30(28,29)15-11-22-26(12-15)18-10-14(6-9-21-18)20(27)7-3-8-20/h13-19,21-25,27H,2-12H2,1H3. The number of nitrogens with zero attached hydrogens (tertiary/aromatic N) is 1. The second-order valence-corrected chi connectivity index (χ2v) is 12.2. The summed E-state index contributed by atoms with van der Waals surface area (Å²) in [7, 11) is -3.42. The van der Waals surface area contributed by atoms with Crippen LogP contribution in [-0.4, -0.2) is 73.3 Å². The number of fused-ring (bicyclic) bond motifs is 1. The third-order valence-corrected chi connectivity index (χ3v) is 10.3. The Morgan fingerprint density at radius 1 is 1.13 bits per heavy atom. The summed E-state index contributed by atoms with van der Waals surface area (Å²) in [5.74, 6) is 0.596. The number of piperidine rings is 1. The van der Waals surface area contributed by atoms with Crippen LogP contribution in [0.2, 0.25) is 0 Å². The van der Waals surface area contributed by atoms with E-state index in [-0.39, 0.29) is 18.2 Å². The number of rotatable bonds is 5. The highest BCUT2D eigenvalue weighted by molar-refractivity contribution is 7.90. The Bertz CT molecular complexity index is 730. The molecule has 7 atom stereocenters. The summed E-state index contributed by atoms with van der Waals surface area (Å²) >= 11 is 0. The average Bonchev–Trinajstić information content (AvgIpc) is 3.35. The monoisotopic (exact) mass is 442 g/mol. The molecule has 3 aliphatic heterocycles. The first kappa shape index (κ1) is 21.5. The van der Waals surface area contributed by atoms with Crippen LogP contribution in [-0.2, 0) is 10.0 Å². The van der Waals surface area contributed by atoms with E-state index < -0.39 is 20.9 Å². The first-order chi connectivity index (χ1) is 14.4. The average molecular weight is 443 g/mol. The highest BCUT2D eigenvalue weighted by atomic mass is 32.2. The van der Waals surface area contributed by atoms with Crippen LogP contribution >= 0.6 is 0 Å². The minimum absolute atomic E-state index is 0.00894. The van der Waals surface area contributed by atoms with E-state index in [4.69, 9.17) is 0 Å². The highest BCUT2D eigenvalue weighted by Crippen LogP contribution is 2.43. The van der Waals surface area contributed by atoms with E-state index in [1.165, 1.54) is 0 Å². The molecule has 0 amide bonds. The van der Waals surface area contributed by atoms with Gasteiger partial charge in [0, 0.05) is 37.1 Å². The number of nitrogens with one attached hydrogen (secondary N) is 5. The van der Waals surface area contributed by atoms with Crippen molar-refractivity contribution in [1.29, 1.82) is 0 Å². The van der Waals surface area contributed by atoms with Gasteiger partial charge < -0.3 is 10.4 Å². The molecular formula is C20H38N6O3S. The molecule has 3 heterocycles. The molecule has 7 unspecified atom stereocenters. The van der Waals surface area contributed by atoms with E-state index in [1.54, 1.807) is 0 Å². The summed E-state index contributed by atoms with van der Waals surface area (Å²) in [5, 5.41) is 15.9. The van der Waals surface area contributed by atoms with Crippen LogP contribution in [0.3, 0.4) is 0 Å². The first-order valence-corrected chi connectivity index (χ1v) is 13.4. The first-order valence-electron chi connectivity index (χ1n) is 11.8. The summed E-state index contributed by atoms with van der Waals surface area (Å²) in [5.41, 5.74) is 9.46. The normalized spacial score (nSPS) is 44.5. The van der Waals surface area contributed by atoms with Crippen molar-refractivity contribution in [3.63, 3.8) is 0 Å². The Morgan fingerprint density at radius 3 is 2.73 bits per heavy atom. The minimum Gasteiger partial charge on any atom is -0.390 e. The van der Waals surface area contributed by atoms with Crippen molar-refractivity contribution in [3.8, 4) is 0 Å². The topological polar surface area (TPSA) is 118 Å². The maximum atomic E-state index is 13.2. The molecule has 2 aliphatic carbocycles. The van der Waals surface area contributed by atoms with Gasteiger partial charge in [-0.3, -0.25) is 16.3 Å². The van der Waals surface area contributed by atoms with Gasteiger partial charge in [0.15, 0.2) is 0 Å². The molecule has 9 nitrogen and oxygen atoms in total. The van der Waals surface area contributed by atoms with E-state index in [0.29, 0.717) is 31.0 Å². The minimum atomic E-state index is -3.42. The maximum Gasteiger partial charge on any atom is 0.217 e. The fourth-order valence-corrected chi connectivity index (χ4v) is 7.99. The number of aliphatic hydroxyl groups is 1. The Morgan fingerprint density at radius 2 is 1.97 bits per heavy atom. The third-order valence-electron chi connectivity index (χ3n) is 8.45. The lowest BCUT2D eigenvalue weighted by atomic mass is 9.67. The van der Waals surface area contributed by atoms with Gasteiger partial charge in [-0.05, 0) is 64.3 Å². The van der Waals surface area contributed by atoms with Crippen molar-refractivity contribution < 1.29 is 13.5 Å². The van der Waals surface area contributed by atoms with Crippen LogP contribution in [0.4, 0.5) is 0 Å². The van der Waals surface area contributed by atoms with Gasteiger partial charge >= 0.3 is 0 Å². The quantitative estimate of drug-likeness (QED) is 0.333. The molecule has 5 fully saturated rings. The highest BCUT2D eigenvalue weighted by Gasteiger charge is 2.47. The van der Waals surface area contributed by atoms with Gasteiger partial charge in [0.05, 0.1) is 11.8 Å². The van der Waals surface area contributed by atoms with Crippen LogP contribution in [0.1, 0.15) is 58.3 Å². The molecule has 0 aromatic rings. The van der Waals surface area contributed by atoms with Crippen molar-refractivity contribution in [2.75, 3.05) is 19.6 Å². The molecule has 0 spiro atoms. The fraction of sp³-hybridized carbons (Fsp3) is 1.00. The molecule has 0 bridgehead atoms. The van der Waals surface area contributed by atoms with Gasteiger partial charge in [0.1, 0.15) is 5.25 Å². The molecule has 5 aliphatic rings. The number of hydrogen-bond acceptors (Lipinski definition) is 8. The molecule has 30 heavy (non-hydrogen) atoms. The van der Waals surface area contributed by atoms with Crippen molar-refractivity contribution in [2.24, 2.45) is 11.8 Å². The van der Waals surface area contributed by atoms with Crippen molar-refractivity contribution >= 4 is 10.0 Å². The van der Waals surface area contributed by atoms with Gasteiger partial charge in [-0.1, -0.05) is 6.42 Å². The fourth-order valence-electron chi connectivity index (χ4n) is 6.45. The summed E-state index contributed by atoms with van der Waals surface area (Å²) in [4.78, 5) is 0. The lowest BCUT2D eigenvalue weighted by molar-refractivity contribution is -0.105. The predicted molar refractivity (Wildman–Crippen MR) is 115 cm³/mol. The van der Waals surface area contributed by atoms with Gasteiger partial charge in [-0.15, -0.1) is 0 Å². The zero-order valence-corrected chi connectivity index (χ0v) is 18.8. The Labute approximate surface area is 180 Å². The van der Waals surface area contributed by atoms with Crippen LogP contribution in [0, 0.1) is 11.8 Å². The second kappa shape index (κ2) is 8.22. The predicted octanol–water partition coefficient (Wildman–Crippen LogP) is -0.631. The Hall–Kier alpha value is -0.330. The third kappa shape index (κ3) is 3.94. The second-order valence-electron chi connectivity index (χ2n) is 10.2. The van der Waals surface area contributed by atoms with Crippen LogP contribution in [0.15, 0.2) is 0 Å². The summed E-state index contributed by atoms with van der Waals surface area (Å²) in [6.45, 7) is 3.92. The smallest absolute Gasteiger partial charge is 0.217 e. The zero-order valence-electron chi connectivity index (χ0n) is 17.9. The molecule has 0 aromatic heterocycles. The molecule has 10 heteroatoms. The van der Waals surface area contributed by atoms with E-state index in [0.717, 1.165) is 57.9 Å². The molecular weight excluding hydrogens is 404 g/mol. The summed E-state index contributed by atoms with van der Waals surface area (Å²) < 4.78 is 29.5. The molecule has 3 saturated heterocycles. The van der Waals surface area contributed by atoms with E-state index in [2.05, 4.69) is 38.2 Å². The number of hydrazine groups is 2. The summed E-state index contributed by atoms with van der Waals surface area (Å²) in [6, 6.07) is 0.604. The molecule has 2 saturated carbocycles. The molecule has 0 aromatic carbocycles. The summed E-state index contributed by atoms with van der Waals surface area (Å²) in [6.07, 6.45) is 7.92. The van der Waals surface area contributed by atoms with Gasteiger partial charge in [-0.25, -0.2) is 18.1 Å². The van der Waals surface area contributed by atoms with Crippen molar-refractivity contribution in [2.45, 2.75) is 93.4 Å². The van der Waals surface area contributed by atoms with E-state index >= 15 is 0 Å². The molecule has 0 radical (unpaired) electrons. The molecule has 6 N–H and O–H groups in total. The number of hydrogen-bond donors (Lipinski definition) is 6. The Balaban J connectivity index is 1.19. The number of sulfonamides is 1. The van der Waals surface area contributed by atoms with Gasteiger partial charge in [0.25, 0.3) is 0 Å². The lowest BCUT2D eigenvalue weighted by Gasteiger charge is -2.48. The Kier molecular flexibility index (Phi) is 5.90. The van der Waals surface area contributed by atoms with Crippen molar-refractivity contribution in [3.05, 3.63) is 0 Å².